The minimum absolute atomic E-state index is 0.229. The van der Waals surface area contributed by atoms with Crippen LogP contribution in [0.1, 0.15) is 98.8 Å². The van der Waals surface area contributed by atoms with Crippen molar-refractivity contribution in [2.75, 3.05) is 0 Å². The predicted octanol–water partition coefficient (Wildman–Crippen LogP) is 7.15. The number of hydrogen-bond acceptors (Lipinski definition) is 2. The Labute approximate surface area is 139 Å². The highest BCUT2D eigenvalue weighted by Gasteiger charge is 2.19. The van der Waals surface area contributed by atoms with E-state index in [2.05, 4.69) is 59.9 Å². The molecule has 0 unspecified atom stereocenters. The number of unbranched alkanes of at least 4 members (excludes halogenated alkanes) is 5. The van der Waals surface area contributed by atoms with Gasteiger partial charge in [-0.3, -0.25) is 0 Å². The number of hydrogen-bond donors (Lipinski definition) is 2. The van der Waals surface area contributed by atoms with Gasteiger partial charge >= 0.3 is 0 Å². The van der Waals surface area contributed by atoms with Crippen LogP contribution in [-0.4, -0.2) is 4.58 Å². The van der Waals surface area contributed by atoms with Gasteiger partial charge < -0.3 is 0 Å². The largest absolute Gasteiger partial charge is 0.165 e. The quantitative estimate of drug-likeness (QED) is 0.213. The number of rotatable bonds is 12. The highest BCUT2D eigenvalue weighted by atomic mass is 32.2. The molecule has 0 aliphatic carbocycles. The fourth-order valence-electron chi connectivity index (χ4n) is 2.69. The van der Waals surface area contributed by atoms with Gasteiger partial charge in [-0.15, -0.1) is 0 Å². The van der Waals surface area contributed by atoms with Gasteiger partial charge in [0, 0.05) is 4.58 Å². The highest BCUT2D eigenvalue weighted by molar-refractivity contribution is 7.99. The molecule has 2 heteroatoms. The van der Waals surface area contributed by atoms with Crippen molar-refractivity contribution in [3.05, 3.63) is 0 Å². The van der Waals surface area contributed by atoms with Crippen molar-refractivity contribution in [1.82, 2.24) is 0 Å². The molecule has 0 fully saturated rings. The normalized spacial score (nSPS) is 13.2. The second kappa shape index (κ2) is 10.4. The summed E-state index contributed by atoms with van der Waals surface area (Å²) in [5.74, 6) is 0. The molecular weight excluding hydrogens is 280 g/mol. The molecule has 0 spiro atoms. The average molecular weight is 319 g/mol. The molecule has 0 heterocycles. The molecule has 0 bridgehead atoms. The van der Waals surface area contributed by atoms with E-state index in [9.17, 15) is 0 Å². The Morgan fingerprint density at radius 2 is 1.10 bits per heavy atom. The zero-order chi connectivity index (χ0) is 15.6. The van der Waals surface area contributed by atoms with Gasteiger partial charge in [0.15, 0.2) is 0 Å². The smallest absolute Gasteiger partial charge is 0.0447 e. The van der Waals surface area contributed by atoms with E-state index in [4.69, 9.17) is 0 Å². The average Bonchev–Trinajstić information content (AvgIpc) is 2.30. The zero-order valence-corrected chi connectivity index (χ0v) is 16.3. The van der Waals surface area contributed by atoms with E-state index in [0.29, 0.717) is 10.8 Å². The van der Waals surface area contributed by atoms with Crippen molar-refractivity contribution in [2.45, 2.75) is 103 Å². The molecule has 0 atom stereocenters. The maximum absolute atomic E-state index is 4.39. The van der Waals surface area contributed by atoms with Gasteiger partial charge in [-0.1, -0.05) is 79.6 Å². The summed E-state index contributed by atoms with van der Waals surface area (Å²) in [5.41, 5.74) is 0.958. The molecule has 0 nitrogen and oxygen atoms in total. The van der Waals surface area contributed by atoms with Gasteiger partial charge in [-0.2, -0.15) is 25.3 Å². The van der Waals surface area contributed by atoms with Gasteiger partial charge in [0.25, 0.3) is 0 Å². The molecule has 0 radical (unpaired) electrons. The summed E-state index contributed by atoms with van der Waals surface area (Å²) in [4.78, 5) is 0. The zero-order valence-electron chi connectivity index (χ0n) is 14.5. The predicted molar refractivity (Wildman–Crippen MR) is 101 cm³/mol. The van der Waals surface area contributed by atoms with Crippen molar-refractivity contribution in [3.63, 3.8) is 0 Å². The Morgan fingerprint density at radius 1 is 0.700 bits per heavy atom. The van der Waals surface area contributed by atoms with Gasteiger partial charge in [-0.05, 0) is 30.1 Å². The highest BCUT2D eigenvalue weighted by Crippen LogP contribution is 2.32. The fraction of sp³-hybridized carbons (Fsp3) is 1.00. The van der Waals surface area contributed by atoms with Crippen LogP contribution in [0.25, 0.3) is 0 Å². The molecule has 0 rings (SSSR count). The van der Waals surface area contributed by atoms with Crippen LogP contribution in [0.3, 0.4) is 0 Å². The third-order valence-corrected chi connectivity index (χ3v) is 5.01. The lowest BCUT2D eigenvalue weighted by Crippen LogP contribution is -2.14. The maximum Gasteiger partial charge on any atom is 0.0447 e. The SMILES string of the molecule is CCC(C)(C)CCCCCCCCC(C)(C)CC(S)S. The first kappa shape index (κ1) is 20.7. The summed E-state index contributed by atoms with van der Waals surface area (Å²) in [6.45, 7) is 11.8. The molecular formula is C18H38S2. The van der Waals surface area contributed by atoms with E-state index >= 15 is 0 Å². The molecule has 122 valence electrons. The van der Waals surface area contributed by atoms with Crippen LogP contribution >= 0.6 is 25.3 Å². The molecule has 0 saturated carbocycles. The Morgan fingerprint density at radius 3 is 1.50 bits per heavy atom. The molecule has 20 heavy (non-hydrogen) atoms. The van der Waals surface area contributed by atoms with E-state index in [1.807, 2.05) is 0 Å². The van der Waals surface area contributed by atoms with Gasteiger partial charge in [-0.25, -0.2) is 0 Å². The summed E-state index contributed by atoms with van der Waals surface area (Å²) in [6, 6.07) is 0. The van der Waals surface area contributed by atoms with Gasteiger partial charge in [0.2, 0.25) is 0 Å². The minimum Gasteiger partial charge on any atom is -0.165 e. The topological polar surface area (TPSA) is 0 Å². The minimum atomic E-state index is 0.229. The molecule has 0 aliphatic rings. The first-order valence-corrected chi connectivity index (χ1v) is 9.58. The molecule has 0 aliphatic heterocycles. The Kier molecular flexibility index (Phi) is 10.8. The molecule has 0 N–H and O–H groups in total. The van der Waals surface area contributed by atoms with Crippen molar-refractivity contribution >= 4 is 25.3 Å². The van der Waals surface area contributed by atoms with Gasteiger partial charge in [0.05, 0.1) is 0 Å². The van der Waals surface area contributed by atoms with Gasteiger partial charge in [0.1, 0.15) is 0 Å². The molecule has 0 aromatic heterocycles. The first-order chi connectivity index (χ1) is 9.18. The summed E-state index contributed by atoms with van der Waals surface area (Å²) in [7, 11) is 0. The van der Waals surface area contributed by atoms with Crippen molar-refractivity contribution in [3.8, 4) is 0 Å². The van der Waals surface area contributed by atoms with Crippen LogP contribution in [0.2, 0.25) is 0 Å². The lowest BCUT2D eigenvalue weighted by molar-refractivity contribution is 0.300. The van der Waals surface area contributed by atoms with E-state index in [1.54, 1.807) is 0 Å². The lowest BCUT2D eigenvalue weighted by Gasteiger charge is -2.26. The van der Waals surface area contributed by atoms with Crippen LogP contribution < -0.4 is 0 Å². The summed E-state index contributed by atoms with van der Waals surface area (Å²) < 4.78 is 0.229. The van der Waals surface area contributed by atoms with Crippen LogP contribution in [0.5, 0.6) is 0 Å². The third-order valence-electron chi connectivity index (χ3n) is 4.65. The van der Waals surface area contributed by atoms with Crippen LogP contribution in [-0.2, 0) is 0 Å². The van der Waals surface area contributed by atoms with E-state index in [1.165, 1.54) is 57.8 Å². The summed E-state index contributed by atoms with van der Waals surface area (Å²) >= 11 is 8.78. The Balaban J connectivity index is 3.45. The van der Waals surface area contributed by atoms with E-state index in [-0.39, 0.29) is 4.58 Å². The Bertz CT molecular complexity index is 232. The Hall–Kier alpha value is 0.700. The van der Waals surface area contributed by atoms with E-state index in [0.717, 1.165) is 6.42 Å². The van der Waals surface area contributed by atoms with Crippen molar-refractivity contribution in [2.24, 2.45) is 10.8 Å². The molecule has 0 saturated heterocycles. The monoisotopic (exact) mass is 318 g/mol. The summed E-state index contributed by atoms with van der Waals surface area (Å²) in [6.07, 6.45) is 13.5. The molecule has 0 aromatic rings. The van der Waals surface area contributed by atoms with E-state index < -0.39 is 0 Å². The van der Waals surface area contributed by atoms with Crippen LogP contribution in [0.15, 0.2) is 0 Å². The van der Waals surface area contributed by atoms with Crippen molar-refractivity contribution < 1.29 is 0 Å². The van der Waals surface area contributed by atoms with Crippen molar-refractivity contribution in [1.29, 1.82) is 0 Å². The number of thiol groups is 2. The fourth-order valence-corrected chi connectivity index (χ4v) is 3.68. The first-order valence-electron chi connectivity index (χ1n) is 8.55. The lowest BCUT2D eigenvalue weighted by atomic mass is 9.83. The standard InChI is InChI=1S/C18H38S2/c1-6-17(2,3)13-11-9-7-8-10-12-14-18(4,5)15-16(19)20/h16,19-20H,6-15H2,1-5H3. The van der Waals surface area contributed by atoms with Crippen LogP contribution in [0, 0.1) is 10.8 Å². The summed E-state index contributed by atoms with van der Waals surface area (Å²) in [5, 5.41) is 0. The maximum atomic E-state index is 4.39. The third kappa shape index (κ3) is 12.4. The second-order valence-electron chi connectivity index (χ2n) is 7.99. The molecule has 0 aromatic carbocycles. The van der Waals surface area contributed by atoms with Crippen LogP contribution in [0.4, 0.5) is 0 Å². The second-order valence-corrected chi connectivity index (χ2v) is 9.64. The molecule has 0 amide bonds.